The zero-order valence-electron chi connectivity index (χ0n) is 10.2. The lowest BCUT2D eigenvalue weighted by atomic mass is 10.0. The Bertz CT molecular complexity index is 377. The molecule has 1 heterocycles. The van der Waals surface area contributed by atoms with Crippen molar-refractivity contribution >= 4 is 0 Å². The first-order valence-electron chi connectivity index (χ1n) is 5.93. The van der Waals surface area contributed by atoms with Crippen LogP contribution in [0.1, 0.15) is 18.9 Å². The van der Waals surface area contributed by atoms with Crippen LogP contribution in [-0.4, -0.2) is 18.8 Å². The lowest BCUT2D eigenvalue weighted by molar-refractivity contribution is 0.0581. The summed E-state index contributed by atoms with van der Waals surface area (Å²) in [7, 11) is 0. The highest BCUT2D eigenvalue weighted by Gasteiger charge is 2.33. The average molecular weight is 233 g/mol. The van der Waals surface area contributed by atoms with Crippen LogP contribution in [0.15, 0.2) is 42.9 Å². The van der Waals surface area contributed by atoms with E-state index >= 15 is 0 Å². The summed E-state index contributed by atoms with van der Waals surface area (Å²) in [6.45, 7) is 8.10. The van der Waals surface area contributed by atoms with Gasteiger partial charge in [0.05, 0.1) is 0 Å². The fourth-order valence-corrected chi connectivity index (χ4v) is 1.87. The summed E-state index contributed by atoms with van der Waals surface area (Å²) in [5, 5.41) is 3.40. The summed E-state index contributed by atoms with van der Waals surface area (Å²) < 4.78 is 10.8. The predicted octanol–water partition coefficient (Wildman–Crippen LogP) is 2.44. The number of ether oxygens (including phenoxy) is 2. The van der Waals surface area contributed by atoms with Crippen LogP contribution in [0, 0.1) is 0 Å². The van der Waals surface area contributed by atoms with E-state index in [0.717, 1.165) is 19.5 Å². The van der Waals surface area contributed by atoms with Gasteiger partial charge in [-0.3, -0.25) is 0 Å². The Morgan fingerprint density at radius 3 is 2.76 bits per heavy atom. The standard InChI is InChI=1S/C14H19NO2/c1-12-16-11-14(2,17-12)8-9-15-10-13-6-4-3-5-7-13/h3-7,15H,1,8-11H2,2H3/t14-/m0/s1. The molecule has 0 bridgehead atoms. The zero-order chi connectivity index (χ0) is 12.1. The van der Waals surface area contributed by atoms with Gasteiger partial charge in [0, 0.05) is 13.0 Å². The third kappa shape index (κ3) is 3.49. The molecule has 1 N–H and O–H groups in total. The van der Waals surface area contributed by atoms with Crippen LogP contribution in [0.4, 0.5) is 0 Å². The molecular weight excluding hydrogens is 214 g/mol. The molecule has 1 aliphatic rings. The molecule has 1 fully saturated rings. The summed E-state index contributed by atoms with van der Waals surface area (Å²) in [6, 6.07) is 10.4. The summed E-state index contributed by atoms with van der Waals surface area (Å²) in [4.78, 5) is 0. The van der Waals surface area contributed by atoms with E-state index in [0.29, 0.717) is 12.6 Å². The Balaban J connectivity index is 1.68. The van der Waals surface area contributed by atoms with E-state index < -0.39 is 0 Å². The molecule has 0 saturated carbocycles. The molecule has 92 valence electrons. The van der Waals surface area contributed by atoms with Gasteiger partial charge in [-0.15, -0.1) is 0 Å². The Labute approximate surface area is 102 Å². The fraction of sp³-hybridized carbons (Fsp3) is 0.429. The van der Waals surface area contributed by atoms with E-state index in [-0.39, 0.29) is 5.60 Å². The molecule has 0 radical (unpaired) electrons. The van der Waals surface area contributed by atoms with Crippen LogP contribution >= 0.6 is 0 Å². The van der Waals surface area contributed by atoms with Gasteiger partial charge < -0.3 is 14.8 Å². The third-order valence-electron chi connectivity index (χ3n) is 2.90. The summed E-state index contributed by atoms with van der Waals surface area (Å²) in [5.74, 6) is 0.440. The number of hydrogen-bond acceptors (Lipinski definition) is 3. The first kappa shape index (κ1) is 12.0. The molecule has 3 nitrogen and oxygen atoms in total. The minimum atomic E-state index is -0.221. The van der Waals surface area contributed by atoms with Crippen LogP contribution < -0.4 is 5.32 Å². The van der Waals surface area contributed by atoms with Crippen molar-refractivity contribution < 1.29 is 9.47 Å². The molecule has 1 saturated heterocycles. The van der Waals surface area contributed by atoms with Crippen LogP contribution in [0.2, 0.25) is 0 Å². The van der Waals surface area contributed by atoms with E-state index in [1.54, 1.807) is 0 Å². The molecule has 17 heavy (non-hydrogen) atoms. The Morgan fingerprint density at radius 1 is 1.35 bits per heavy atom. The van der Waals surface area contributed by atoms with Crippen molar-refractivity contribution in [2.24, 2.45) is 0 Å². The summed E-state index contributed by atoms with van der Waals surface area (Å²) in [6.07, 6.45) is 0.916. The molecule has 0 aromatic heterocycles. The lowest BCUT2D eigenvalue weighted by Crippen LogP contribution is -2.31. The molecule has 1 aromatic carbocycles. The quantitative estimate of drug-likeness (QED) is 0.792. The predicted molar refractivity (Wildman–Crippen MR) is 67.3 cm³/mol. The normalized spacial score (nSPS) is 23.2. The largest absolute Gasteiger partial charge is 0.462 e. The minimum Gasteiger partial charge on any atom is -0.462 e. The van der Waals surface area contributed by atoms with E-state index in [2.05, 4.69) is 43.1 Å². The van der Waals surface area contributed by atoms with Gasteiger partial charge in [-0.1, -0.05) is 30.3 Å². The van der Waals surface area contributed by atoms with E-state index in [1.165, 1.54) is 5.56 Å². The van der Waals surface area contributed by atoms with Gasteiger partial charge in [-0.05, 0) is 25.6 Å². The Hall–Kier alpha value is -1.48. The monoisotopic (exact) mass is 233 g/mol. The average Bonchev–Trinajstić information content (AvgIpc) is 2.67. The molecule has 2 rings (SSSR count). The Kier molecular flexibility index (Phi) is 3.69. The van der Waals surface area contributed by atoms with Crippen LogP contribution in [-0.2, 0) is 16.0 Å². The first-order chi connectivity index (χ1) is 8.18. The molecule has 0 spiro atoms. The van der Waals surface area contributed by atoms with Gasteiger partial charge in [0.25, 0.3) is 5.95 Å². The summed E-state index contributed by atoms with van der Waals surface area (Å²) >= 11 is 0. The van der Waals surface area contributed by atoms with Crippen LogP contribution in [0.5, 0.6) is 0 Å². The molecular formula is C14H19NO2. The second kappa shape index (κ2) is 5.23. The maximum absolute atomic E-state index is 5.54. The molecule has 1 atom stereocenters. The smallest absolute Gasteiger partial charge is 0.272 e. The molecule has 0 unspecified atom stereocenters. The maximum Gasteiger partial charge on any atom is 0.272 e. The first-order valence-corrected chi connectivity index (χ1v) is 5.93. The van der Waals surface area contributed by atoms with Crippen LogP contribution in [0.25, 0.3) is 0 Å². The highest BCUT2D eigenvalue weighted by Crippen LogP contribution is 2.26. The molecule has 0 aliphatic carbocycles. The van der Waals surface area contributed by atoms with Crippen LogP contribution in [0.3, 0.4) is 0 Å². The van der Waals surface area contributed by atoms with Crippen molar-refractivity contribution in [1.29, 1.82) is 0 Å². The van der Waals surface area contributed by atoms with Gasteiger partial charge >= 0.3 is 0 Å². The maximum atomic E-state index is 5.54. The molecule has 1 aliphatic heterocycles. The zero-order valence-corrected chi connectivity index (χ0v) is 10.2. The SMILES string of the molecule is C=C1OC[C@](C)(CCNCc2ccccc2)O1. The number of hydrogen-bond donors (Lipinski definition) is 1. The highest BCUT2D eigenvalue weighted by atomic mass is 16.7. The number of rotatable bonds is 5. The van der Waals surface area contributed by atoms with E-state index in [1.807, 2.05) is 6.07 Å². The van der Waals surface area contributed by atoms with Crippen molar-refractivity contribution in [3.8, 4) is 0 Å². The topological polar surface area (TPSA) is 30.5 Å². The minimum absolute atomic E-state index is 0.221. The third-order valence-corrected chi connectivity index (χ3v) is 2.90. The number of benzene rings is 1. The van der Waals surface area contributed by atoms with E-state index in [4.69, 9.17) is 9.47 Å². The van der Waals surface area contributed by atoms with Gasteiger partial charge in [0.1, 0.15) is 12.2 Å². The molecule has 0 amide bonds. The Morgan fingerprint density at radius 2 is 2.12 bits per heavy atom. The fourth-order valence-electron chi connectivity index (χ4n) is 1.87. The van der Waals surface area contributed by atoms with Gasteiger partial charge in [-0.25, -0.2) is 0 Å². The van der Waals surface area contributed by atoms with Crippen molar-refractivity contribution in [2.75, 3.05) is 13.2 Å². The van der Waals surface area contributed by atoms with Crippen molar-refractivity contribution in [3.05, 3.63) is 48.4 Å². The van der Waals surface area contributed by atoms with Crippen molar-refractivity contribution in [3.63, 3.8) is 0 Å². The van der Waals surface area contributed by atoms with Crippen molar-refractivity contribution in [1.82, 2.24) is 5.32 Å². The second-order valence-electron chi connectivity index (χ2n) is 4.63. The molecule has 1 aromatic rings. The second-order valence-corrected chi connectivity index (χ2v) is 4.63. The van der Waals surface area contributed by atoms with Gasteiger partial charge in [0.15, 0.2) is 0 Å². The molecule has 3 heteroatoms. The van der Waals surface area contributed by atoms with Gasteiger partial charge in [0.2, 0.25) is 0 Å². The summed E-state index contributed by atoms with van der Waals surface area (Å²) in [5.41, 5.74) is 1.08. The lowest BCUT2D eigenvalue weighted by Gasteiger charge is -2.20. The van der Waals surface area contributed by atoms with E-state index in [9.17, 15) is 0 Å². The van der Waals surface area contributed by atoms with Crippen molar-refractivity contribution in [2.45, 2.75) is 25.5 Å². The van der Waals surface area contributed by atoms with Gasteiger partial charge in [-0.2, -0.15) is 0 Å². The highest BCUT2D eigenvalue weighted by molar-refractivity contribution is 5.14. The number of nitrogens with one attached hydrogen (secondary N) is 1.